The van der Waals surface area contributed by atoms with E-state index in [1.165, 1.54) is 10.8 Å². The van der Waals surface area contributed by atoms with E-state index in [0.29, 0.717) is 30.3 Å². The van der Waals surface area contributed by atoms with E-state index in [1.54, 1.807) is 0 Å². The van der Waals surface area contributed by atoms with Gasteiger partial charge in [-0.05, 0) is 64.7 Å². The van der Waals surface area contributed by atoms with Crippen molar-refractivity contribution in [3.05, 3.63) is 106 Å². The molecule has 0 unspecified atom stereocenters. The van der Waals surface area contributed by atoms with Crippen LogP contribution in [0.3, 0.4) is 0 Å². The van der Waals surface area contributed by atoms with Gasteiger partial charge in [-0.15, -0.1) is 0 Å². The van der Waals surface area contributed by atoms with Crippen molar-refractivity contribution in [2.45, 2.75) is 13.5 Å². The van der Waals surface area contributed by atoms with Crippen molar-refractivity contribution in [2.75, 3.05) is 6.61 Å². The summed E-state index contributed by atoms with van der Waals surface area (Å²) in [5.74, 6) is 1.34. The van der Waals surface area contributed by atoms with Gasteiger partial charge in [0.25, 0.3) is 0 Å². The normalized spacial score (nSPS) is 11.2. The SMILES string of the molecule is CCOc1cc(/C=C(/C#N)c2ccc(Br)cc2)ccc1OCc1cccc2ccccc12. The highest BCUT2D eigenvalue weighted by molar-refractivity contribution is 9.10. The number of nitriles is 1. The summed E-state index contributed by atoms with van der Waals surface area (Å²) in [4.78, 5) is 0. The fourth-order valence-electron chi connectivity index (χ4n) is 3.55. The lowest BCUT2D eigenvalue weighted by Crippen LogP contribution is -2.00. The van der Waals surface area contributed by atoms with E-state index in [0.717, 1.165) is 21.2 Å². The molecule has 158 valence electrons. The Labute approximate surface area is 196 Å². The number of nitrogens with zero attached hydrogens (tertiary/aromatic N) is 1. The maximum absolute atomic E-state index is 9.65. The van der Waals surface area contributed by atoms with Crippen LogP contribution in [0.15, 0.2) is 89.4 Å². The van der Waals surface area contributed by atoms with Crippen molar-refractivity contribution in [2.24, 2.45) is 0 Å². The number of benzene rings is 4. The van der Waals surface area contributed by atoms with E-state index in [1.807, 2.05) is 73.7 Å². The van der Waals surface area contributed by atoms with Crippen LogP contribution in [0.4, 0.5) is 0 Å². The standard InChI is InChI=1S/C28H22BrNO2/c1-2-31-28-17-20(16-24(18-30)21-11-13-25(29)14-12-21)10-15-27(28)32-19-23-8-5-7-22-6-3-4-9-26(22)23/h3-17H,2,19H2,1H3/b24-16-. The predicted molar refractivity (Wildman–Crippen MR) is 134 cm³/mol. The van der Waals surface area contributed by atoms with Crippen LogP contribution in [0.1, 0.15) is 23.6 Å². The monoisotopic (exact) mass is 483 g/mol. The van der Waals surface area contributed by atoms with Crippen molar-refractivity contribution < 1.29 is 9.47 Å². The van der Waals surface area contributed by atoms with E-state index in [4.69, 9.17) is 9.47 Å². The van der Waals surface area contributed by atoms with Gasteiger partial charge in [0.1, 0.15) is 6.61 Å². The van der Waals surface area contributed by atoms with Gasteiger partial charge in [-0.1, -0.05) is 76.6 Å². The smallest absolute Gasteiger partial charge is 0.161 e. The number of halogens is 1. The molecule has 0 aliphatic heterocycles. The predicted octanol–water partition coefficient (Wildman–Crippen LogP) is 7.64. The van der Waals surface area contributed by atoms with E-state index in [2.05, 4.69) is 46.3 Å². The zero-order valence-electron chi connectivity index (χ0n) is 17.7. The third-order valence-corrected chi connectivity index (χ3v) is 5.65. The molecule has 4 aromatic rings. The third-order valence-electron chi connectivity index (χ3n) is 5.12. The number of fused-ring (bicyclic) bond motifs is 1. The maximum Gasteiger partial charge on any atom is 0.161 e. The average Bonchev–Trinajstić information content (AvgIpc) is 2.83. The van der Waals surface area contributed by atoms with Gasteiger partial charge in [0, 0.05) is 4.47 Å². The molecule has 32 heavy (non-hydrogen) atoms. The molecule has 0 fully saturated rings. The number of allylic oxidation sites excluding steroid dienone is 1. The quantitative estimate of drug-likeness (QED) is 0.200. The second-order valence-corrected chi connectivity index (χ2v) is 8.16. The van der Waals surface area contributed by atoms with E-state index >= 15 is 0 Å². The van der Waals surface area contributed by atoms with Crippen molar-refractivity contribution in [1.82, 2.24) is 0 Å². The number of hydrogen-bond acceptors (Lipinski definition) is 3. The van der Waals surface area contributed by atoms with Gasteiger partial charge in [0.05, 0.1) is 18.2 Å². The highest BCUT2D eigenvalue weighted by Crippen LogP contribution is 2.32. The number of hydrogen-bond donors (Lipinski definition) is 0. The highest BCUT2D eigenvalue weighted by Gasteiger charge is 2.09. The average molecular weight is 484 g/mol. The lowest BCUT2D eigenvalue weighted by Gasteiger charge is -2.14. The summed E-state index contributed by atoms with van der Waals surface area (Å²) in [5, 5.41) is 12.0. The Morgan fingerprint density at radius 2 is 1.69 bits per heavy atom. The van der Waals surface area contributed by atoms with Gasteiger partial charge >= 0.3 is 0 Å². The Bertz CT molecular complexity index is 1300. The first-order valence-electron chi connectivity index (χ1n) is 10.4. The maximum atomic E-state index is 9.65. The Hall–Kier alpha value is -3.55. The zero-order chi connectivity index (χ0) is 22.3. The van der Waals surface area contributed by atoms with Crippen LogP contribution in [0.25, 0.3) is 22.4 Å². The minimum atomic E-state index is 0.443. The van der Waals surface area contributed by atoms with Crippen LogP contribution >= 0.6 is 15.9 Å². The van der Waals surface area contributed by atoms with Gasteiger partial charge < -0.3 is 9.47 Å². The molecule has 0 aliphatic rings. The summed E-state index contributed by atoms with van der Waals surface area (Å²) in [6.07, 6.45) is 1.86. The Balaban J connectivity index is 1.60. The molecule has 0 aromatic heterocycles. The minimum absolute atomic E-state index is 0.443. The van der Waals surface area contributed by atoms with Crippen molar-refractivity contribution in [3.63, 3.8) is 0 Å². The van der Waals surface area contributed by atoms with Gasteiger partial charge in [0.2, 0.25) is 0 Å². The molecule has 0 N–H and O–H groups in total. The second-order valence-electron chi connectivity index (χ2n) is 7.24. The van der Waals surface area contributed by atoms with E-state index < -0.39 is 0 Å². The molecule has 4 heteroatoms. The lowest BCUT2D eigenvalue weighted by atomic mass is 10.0. The topological polar surface area (TPSA) is 42.2 Å². The van der Waals surface area contributed by atoms with Gasteiger partial charge in [0.15, 0.2) is 11.5 Å². The fraction of sp³-hybridized carbons (Fsp3) is 0.107. The van der Waals surface area contributed by atoms with Crippen molar-refractivity contribution >= 4 is 38.4 Å². The molecule has 0 amide bonds. The van der Waals surface area contributed by atoms with Crippen LogP contribution in [-0.4, -0.2) is 6.61 Å². The van der Waals surface area contributed by atoms with E-state index in [9.17, 15) is 5.26 Å². The minimum Gasteiger partial charge on any atom is -0.490 e. The third kappa shape index (κ3) is 5.01. The summed E-state index contributed by atoms with van der Waals surface area (Å²) < 4.78 is 13.0. The van der Waals surface area contributed by atoms with Crippen molar-refractivity contribution in [1.29, 1.82) is 5.26 Å². The van der Waals surface area contributed by atoms with Crippen LogP contribution in [-0.2, 0) is 6.61 Å². The van der Waals surface area contributed by atoms with Crippen LogP contribution in [0, 0.1) is 11.3 Å². The summed E-state index contributed by atoms with van der Waals surface area (Å²) in [7, 11) is 0. The molecule has 0 spiro atoms. The largest absolute Gasteiger partial charge is 0.490 e. The summed E-state index contributed by atoms with van der Waals surface area (Å²) in [6.45, 7) is 2.91. The zero-order valence-corrected chi connectivity index (χ0v) is 19.3. The Morgan fingerprint density at radius 1 is 0.906 bits per heavy atom. The number of ether oxygens (including phenoxy) is 2. The molecule has 0 atom stereocenters. The molecule has 0 bridgehead atoms. The lowest BCUT2D eigenvalue weighted by molar-refractivity contribution is 0.270. The number of rotatable bonds is 7. The molecule has 0 heterocycles. The molecule has 0 saturated carbocycles. The molecule has 4 aromatic carbocycles. The van der Waals surface area contributed by atoms with Gasteiger partial charge in [-0.25, -0.2) is 0 Å². The summed E-state index contributed by atoms with van der Waals surface area (Å²) >= 11 is 3.43. The Kier molecular flexibility index (Phi) is 6.89. The summed E-state index contributed by atoms with van der Waals surface area (Å²) in [5.41, 5.74) is 3.45. The molecule has 0 saturated heterocycles. The first-order chi connectivity index (χ1) is 15.7. The van der Waals surface area contributed by atoms with Gasteiger partial charge in [-0.3, -0.25) is 0 Å². The van der Waals surface area contributed by atoms with Gasteiger partial charge in [-0.2, -0.15) is 5.26 Å². The Morgan fingerprint density at radius 3 is 2.47 bits per heavy atom. The van der Waals surface area contributed by atoms with Crippen LogP contribution < -0.4 is 9.47 Å². The first kappa shape index (κ1) is 21.7. The second kappa shape index (κ2) is 10.2. The fourth-order valence-corrected chi connectivity index (χ4v) is 3.82. The molecule has 0 aliphatic carbocycles. The van der Waals surface area contributed by atoms with Crippen LogP contribution in [0.5, 0.6) is 11.5 Å². The molecule has 4 rings (SSSR count). The molecule has 0 radical (unpaired) electrons. The molecular weight excluding hydrogens is 462 g/mol. The summed E-state index contributed by atoms with van der Waals surface area (Å²) in [6, 6.07) is 30.3. The first-order valence-corrected chi connectivity index (χ1v) is 11.2. The molecular formula is C28H22BrNO2. The van der Waals surface area contributed by atoms with E-state index in [-0.39, 0.29) is 0 Å². The highest BCUT2D eigenvalue weighted by atomic mass is 79.9. The van der Waals surface area contributed by atoms with Crippen LogP contribution in [0.2, 0.25) is 0 Å². The van der Waals surface area contributed by atoms with Crippen molar-refractivity contribution in [3.8, 4) is 17.6 Å². The molecule has 3 nitrogen and oxygen atoms in total.